The number of rotatable bonds is 6. The molecule has 1 saturated carbocycles. The summed E-state index contributed by atoms with van der Waals surface area (Å²) in [6.07, 6.45) is 3.27. The van der Waals surface area contributed by atoms with Crippen molar-refractivity contribution < 1.29 is 8.42 Å². The molecule has 1 aliphatic rings. The van der Waals surface area contributed by atoms with E-state index in [1.54, 1.807) is 12.1 Å². The molecule has 0 aliphatic heterocycles. The molecule has 0 spiro atoms. The van der Waals surface area contributed by atoms with Crippen molar-refractivity contribution in [3.05, 3.63) is 15.9 Å². The maximum atomic E-state index is 12.0. The number of sulfonamides is 1. The summed E-state index contributed by atoms with van der Waals surface area (Å²) in [4.78, 5) is 0. The molecule has 0 amide bonds. The quantitative estimate of drug-likeness (QED) is 0.741. The standard InChI is InChI=1S/C10H13Br2NO2S2/c11-6-5-10(3-4-10)7-13-17(14,15)9-2-1-8(12)16-9/h1-2,13H,3-7H2. The fourth-order valence-corrected chi connectivity index (χ4v) is 5.71. The Morgan fingerprint density at radius 1 is 1.41 bits per heavy atom. The molecule has 1 aromatic rings. The van der Waals surface area contributed by atoms with E-state index in [4.69, 9.17) is 0 Å². The molecule has 0 aromatic carbocycles. The molecule has 1 fully saturated rings. The maximum absolute atomic E-state index is 12.0. The highest BCUT2D eigenvalue weighted by Gasteiger charge is 2.42. The van der Waals surface area contributed by atoms with Crippen LogP contribution >= 0.6 is 43.2 Å². The lowest BCUT2D eigenvalue weighted by atomic mass is 10.1. The minimum atomic E-state index is -3.33. The van der Waals surface area contributed by atoms with Crippen molar-refractivity contribution in [1.29, 1.82) is 0 Å². The fraction of sp³-hybridized carbons (Fsp3) is 0.600. The molecular formula is C10H13Br2NO2S2. The summed E-state index contributed by atoms with van der Waals surface area (Å²) < 4.78 is 27.9. The van der Waals surface area contributed by atoms with Gasteiger partial charge in [-0.05, 0) is 52.7 Å². The Balaban J connectivity index is 1.99. The molecule has 0 atom stereocenters. The topological polar surface area (TPSA) is 46.2 Å². The van der Waals surface area contributed by atoms with Crippen LogP contribution < -0.4 is 4.72 Å². The molecule has 1 aromatic heterocycles. The van der Waals surface area contributed by atoms with Crippen LogP contribution in [-0.2, 0) is 10.0 Å². The first-order valence-electron chi connectivity index (χ1n) is 5.28. The lowest BCUT2D eigenvalue weighted by Crippen LogP contribution is -2.30. The van der Waals surface area contributed by atoms with Gasteiger partial charge in [-0.1, -0.05) is 15.9 Å². The Hall–Kier alpha value is 0.570. The lowest BCUT2D eigenvalue weighted by Gasteiger charge is -2.13. The largest absolute Gasteiger partial charge is 0.250 e. The summed E-state index contributed by atoms with van der Waals surface area (Å²) in [7, 11) is -3.33. The van der Waals surface area contributed by atoms with E-state index < -0.39 is 10.0 Å². The van der Waals surface area contributed by atoms with Crippen molar-refractivity contribution in [2.75, 3.05) is 11.9 Å². The van der Waals surface area contributed by atoms with Gasteiger partial charge in [0.15, 0.2) is 0 Å². The molecule has 1 N–H and O–H groups in total. The predicted molar refractivity (Wildman–Crippen MR) is 77.3 cm³/mol. The maximum Gasteiger partial charge on any atom is 0.250 e. The minimum Gasteiger partial charge on any atom is -0.210 e. The Morgan fingerprint density at radius 2 is 2.12 bits per heavy atom. The molecule has 0 unspecified atom stereocenters. The van der Waals surface area contributed by atoms with Gasteiger partial charge in [-0.3, -0.25) is 0 Å². The molecule has 7 heteroatoms. The second-order valence-corrected chi connectivity index (χ2v) is 9.57. The summed E-state index contributed by atoms with van der Waals surface area (Å²) in [6, 6.07) is 3.38. The van der Waals surface area contributed by atoms with E-state index in [0.29, 0.717) is 10.8 Å². The van der Waals surface area contributed by atoms with Crippen molar-refractivity contribution >= 4 is 53.2 Å². The Labute approximate surface area is 122 Å². The van der Waals surface area contributed by atoms with Gasteiger partial charge in [-0.2, -0.15) is 0 Å². The Bertz CT molecular complexity index is 494. The first kappa shape index (κ1) is 14.0. The van der Waals surface area contributed by atoms with Crippen molar-refractivity contribution in [3.63, 3.8) is 0 Å². The van der Waals surface area contributed by atoms with Gasteiger partial charge in [0.05, 0.1) is 3.79 Å². The highest BCUT2D eigenvalue weighted by molar-refractivity contribution is 9.11. The summed E-state index contributed by atoms with van der Waals surface area (Å²) in [5, 5.41) is 0.930. The van der Waals surface area contributed by atoms with E-state index in [1.807, 2.05) is 0 Å². The molecule has 1 aliphatic carbocycles. The monoisotopic (exact) mass is 401 g/mol. The summed E-state index contributed by atoms with van der Waals surface area (Å²) in [5.74, 6) is 0. The molecule has 0 bridgehead atoms. The van der Waals surface area contributed by atoms with Crippen molar-refractivity contribution in [3.8, 4) is 0 Å². The van der Waals surface area contributed by atoms with Crippen LogP contribution in [0.15, 0.2) is 20.1 Å². The van der Waals surface area contributed by atoms with Crippen molar-refractivity contribution in [1.82, 2.24) is 4.72 Å². The van der Waals surface area contributed by atoms with Crippen LogP contribution in [0, 0.1) is 5.41 Å². The third-order valence-corrected chi connectivity index (χ3v) is 6.95. The van der Waals surface area contributed by atoms with Gasteiger partial charge < -0.3 is 0 Å². The van der Waals surface area contributed by atoms with E-state index >= 15 is 0 Å². The van der Waals surface area contributed by atoms with E-state index in [-0.39, 0.29) is 5.41 Å². The number of thiophene rings is 1. The van der Waals surface area contributed by atoms with Crippen molar-refractivity contribution in [2.24, 2.45) is 5.41 Å². The third kappa shape index (κ3) is 3.53. The highest BCUT2D eigenvalue weighted by atomic mass is 79.9. The normalized spacial score (nSPS) is 18.2. The van der Waals surface area contributed by atoms with Gasteiger partial charge in [0.1, 0.15) is 4.21 Å². The summed E-state index contributed by atoms with van der Waals surface area (Å²) >= 11 is 7.92. The van der Waals surface area contributed by atoms with E-state index in [1.165, 1.54) is 11.3 Å². The van der Waals surface area contributed by atoms with Crippen LogP contribution in [0.4, 0.5) is 0 Å². The van der Waals surface area contributed by atoms with Gasteiger partial charge in [0.2, 0.25) is 10.0 Å². The number of hydrogen-bond donors (Lipinski definition) is 1. The first-order valence-corrected chi connectivity index (χ1v) is 9.50. The predicted octanol–water partition coefficient (Wildman–Crippen LogP) is 3.35. The SMILES string of the molecule is O=S(=O)(NCC1(CCBr)CC1)c1ccc(Br)s1. The van der Waals surface area contributed by atoms with Crippen LogP contribution in [-0.4, -0.2) is 20.3 Å². The zero-order valence-corrected chi connectivity index (χ0v) is 13.9. The average Bonchev–Trinajstić information content (AvgIpc) is 2.89. The molecule has 96 valence electrons. The number of halogens is 2. The van der Waals surface area contributed by atoms with Gasteiger partial charge in [0.25, 0.3) is 0 Å². The second-order valence-electron chi connectivity index (χ2n) is 4.32. The zero-order valence-electron chi connectivity index (χ0n) is 9.08. The van der Waals surface area contributed by atoms with E-state index in [9.17, 15) is 8.42 Å². The van der Waals surface area contributed by atoms with Gasteiger partial charge >= 0.3 is 0 Å². The molecule has 0 saturated heterocycles. The van der Waals surface area contributed by atoms with Gasteiger partial charge in [0, 0.05) is 11.9 Å². The van der Waals surface area contributed by atoms with E-state index in [2.05, 4.69) is 36.6 Å². The van der Waals surface area contributed by atoms with Crippen LogP contribution in [0.1, 0.15) is 19.3 Å². The summed E-state index contributed by atoms with van der Waals surface area (Å²) in [6.45, 7) is 0.552. The molecule has 0 radical (unpaired) electrons. The Kier molecular flexibility index (Phi) is 4.35. The molecule has 1 heterocycles. The Morgan fingerprint density at radius 3 is 2.59 bits per heavy atom. The minimum absolute atomic E-state index is 0.199. The molecule has 3 nitrogen and oxygen atoms in total. The van der Waals surface area contributed by atoms with Crippen molar-refractivity contribution in [2.45, 2.75) is 23.5 Å². The number of nitrogens with one attached hydrogen (secondary N) is 1. The third-order valence-electron chi connectivity index (χ3n) is 3.03. The van der Waals surface area contributed by atoms with Crippen LogP contribution in [0.5, 0.6) is 0 Å². The number of hydrogen-bond acceptors (Lipinski definition) is 3. The second kappa shape index (κ2) is 5.28. The highest BCUT2D eigenvalue weighted by Crippen LogP contribution is 2.48. The zero-order chi connectivity index (χ0) is 12.5. The first-order chi connectivity index (χ1) is 7.97. The molecule has 2 rings (SSSR count). The average molecular weight is 403 g/mol. The number of alkyl halides is 1. The molecular weight excluding hydrogens is 390 g/mol. The summed E-state index contributed by atoms with van der Waals surface area (Å²) in [5.41, 5.74) is 0.199. The fourth-order valence-electron chi connectivity index (χ4n) is 1.65. The van der Waals surface area contributed by atoms with Crippen LogP contribution in [0.2, 0.25) is 0 Å². The van der Waals surface area contributed by atoms with Crippen LogP contribution in [0.25, 0.3) is 0 Å². The van der Waals surface area contributed by atoms with Gasteiger partial charge in [-0.25, -0.2) is 13.1 Å². The van der Waals surface area contributed by atoms with Crippen LogP contribution in [0.3, 0.4) is 0 Å². The molecule has 17 heavy (non-hydrogen) atoms. The van der Waals surface area contributed by atoms with Gasteiger partial charge in [-0.15, -0.1) is 11.3 Å². The smallest absolute Gasteiger partial charge is 0.210 e. The lowest BCUT2D eigenvalue weighted by molar-refractivity contribution is 0.481. The van der Waals surface area contributed by atoms with E-state index in [0.717, 1.165) is 28.4 Å².